The molecule has 0 saturated heterocycles. The quantitative estimate of drug-likeness (QED) is 0.217. The Morgan fingerprint density at radius 1 is 0.333 bits per heavy atom. The number of para-hydroxylation sites is 1. The first-order valence-electron chi connectivity index (χ1n) is 14.3. The summed E-state index contributed by atoms with van der Waals surface area (Å²) in [6.07, 6.45) is 0. The lowest BCUT2D eigenvalue weighted by Crippen LogP contribution is -2.09. The van der Waals surface area contributed by atoms with Gasteiger partial charge in [-0.3, -0.25) is 0 Å². The van der Waals surface area contributed by atoms with Crippen LogP contribution in [0.5, 0.6) is 0 Å². The van der Waals surface area contributed by atoms with Crippen molar-refractivity contribution < 1.29 is 4.42 Å². The number of furan rings is 1. The van der Waals surface area contributed by atoms with Gasteiger partial charge < -0.3 is 9.32 Å². The van der Waals surface area contributed by atoms with E-state index in [2.05, 4.69) is 157 Å². The molecule has 0 spiro atoms. The van der Waals surface area contributed by atoms with Crippen LogP contribution in [-0.2, 0) is 0 Å². The molecule has 0 amide bonds. The zero-order chi connectivity index (χ0) is 27.9. The SMILES string of the molecule is c1ccc(-c2ccc(N(c3ccc(-c4ccccc4)cc3)c3ccc4cc5c(cc4c3)oc3ccccc35)cc2)cc1. The van der Waals surface area contributed by atoms with Crippen LogP contribution in [0.25, 0.3) is 55.0 Å². The van der Waals surface area contributed by atoms with Gasteiger partial charge in [-0.2, -0.15) is 0 Å². The molecule has 0 aliphatic rings. The molecule has 0 fully saturated rings. The van der Waals surface area contributed by atoms with Gasteiger partial charge >= 0.3 is 0 Å². The predicted molar refractivity (Wildman–Crippen MR) is 177 cm³/mol. The van der Waals surface area contributed by atoms with E-state index in [1.165, 1.54) is 27.6 Å². The summed E-state index contributed by atoms with van der Waals surface area (Å²) in [5.41, 5.74) is 9.95. The molecule has 0 atom stereocenters. The molecule has 0 saturated carbocycles. The van der Waals surface area contributed by atoms with Gasteiger partial charge in [0.1, 0.15) is 11.2 Å². The van der Waals surface area contributed by atoms with Crippen molar-refractivity contribution in [3.8, 4) is 22.3 Å². The zero-order valence-electron chi connectivity index (χ0n) is 22.9. The third-order valence-corrected chi connectivity index (χ3v) is 8.04. The number of anilines is 3. The lowest BCUT2D eigenvalue weighted by atomic mass is 10.0. The van der Waals surface area contributed by atoms with Crippen LogP contribution in [0.4, 0.5) is 17.1 Å². The van der Waals surface area contributed by atoms with Gasteiger partial charge in [-0.25, -0.2) is 0 Å². The minimum atomic E-state index is 0.909. The third-order valence-electron chi connectivity index (χ3n) is 8.04. The van der Waals surface area contributed by atoms with Crippen molar-refractivity contribution in [3.05, 3.63) is 164 Å². The van der Waals surface area contributed by atoms with Gasteiger partial charge in [-0.1, -0.05) is 109 Å². The summed E-state index contributed by atoms with van der Waals surface area (Å²) in [6.45, 7) is 0. The fourth-order valence-corrected chi connectivity index (χ4v) is 5.91. The second-order valence-corrected chi connectivity index (χ2v) is 10.6. The van der Waals surface area contributed by atoms with Crippen molar-refractivity contribution in [1.82, 2.24) is 0 Å². The van der Waals surface area contributed by atoms with Crippen molar-refractivity contribution in [3.63, 3.8) is 0 Å². The smallest absolute Gasteiger partial charge is 0.136 e. The highest BCUT2D eigenvalue weighted by Gasteiger charge is 2.15. The Balaban J connectivity index is 1.25. The van der Waals surface area contributed by atoms with Gasteiger partial charge in [0.2, 0.25) is 0 Å². The van der Waals surface area contributed by atoms with E-state index < -0.39 is 0 Å². The first kappa shape index (κ1) is 24.2. The molecule has 7 aromatic carbocycles. The van der Waals surface area contributed by atoms with Gasteiger partial charge in [-0.15, -0.1) is 0 Å². The molecule has 0 N–H and O–H groups in total. The maximum atomic E-state index is 6.23. The summed E-state index contributed by atoms with van der Waals surface area (Å²) >= 11 is 0. The molecule has 0 aliphatic carbocycles. The second-order valence-electron chi connectivity index (χ2n) is 10.6. The van der Waals surface area contributed by atoms with E-state index in [9.17, 15) is 0 Å². The highest BCUT2D eigenvalue weighted by molar-refractivity contribution is 6.10. The summed E-state index contributed by atoms with van der Waals surface area (Å²) in [5.74, 6) is 0. The third kappa shape index (κ3) is 4.31. The molecular weight excluding hydrogens is 510 g/mol. The van der Waals surface area contributed by atoms with Crippen LogP contribution in [0.1, 0.15) is 0 Å². The van der Waals surface area contributed by atoms with E-state index in [0.717, 1.165) is 44.4 Å². The van der Waals surface area contributed by atoms with Crippen molar-refractivity contribution >= 4 is 49.8 Å². The Bertz CT molecular complexity index is 2080. The van der Waals surface area contributed by atoms with Crippen molar-refractivity contribution in [2.45, 2.75) is 0 Å². The molecule has 2 nitrogen and oxygen atoms in total. The van der Waals surface area contributed by atoms with Crippen LogP contribution in [0.3, 0.4) is 0 Å². The number of hydrogen-bond donors (Lipinski definition) is 0. The van der Waals surface area contributed by atoms with Crippen LogP contribution >= 0.6 is 0 Å². The summed E-state index contributed by atoms with van der Waals surface area (Å²) in [7, 11) is 0. The number of nitrogens with zero attached hydrogens (tertiary/aromatic N) is 1. The topological polar surface area (TPSA) is 16.4 Å². The minimum Gasteiger partial charge on any atom is -0.456 e. The number of fused-ring (bicyclic) bond motifs is 4. The maximum absolute atomic E-state index is 6.23. The number of hydrogen-bond acceptors (Lipinski definition) is 2. The highest BCUT2D eigenvalue weighted by atomic mass is 16.3. The Kier molecular flexibility index (Phi) is 5.82. The summed E-state index contributed by atoms with van der Waals surface area (Å²) in [6, 6.07) is 58.0. The zero-order valence-corrected chi connectivity index (χ0v) is 22.9. The van der Waals surface area contributed by atoms with Crippen LogP contribution in [-0.4, -0.2) is 0 Å². The largest absolute Gasteiger partial charge is 0.456 e. The monoisotopic (exact) mass is 537 g/mol. The Hall–Kier alpha value is -5.60. The van der Waals surface area contributed by atoms with E-state index >= 15 is 0 Å². The molecule has 0 aliphatic heterocycles. The van der Waals surface area contributed by atoms with Gasteiger partial charge in [0.15, 0.2) is 0 Å². The molecule has 0 radical (unpaired) electrons. The minimum absolute atomic E-state index is 0.909. The van der Waals surface area contributed by atoms with Crippen molar-refractivity contribution in [2.24, 2.45) is 0 Å². The van der Waals surface area contributed by atoms with E-state index in [4.69, 9.17) is 4.42 Å². The molecule has 42 heavy (non-hydrogen) atoms. The molecule has 8 aromatic rings. The molecule has 1 aromatic heterocycles. The van der Waals surface area contributed by atoms with E-state index in [1.54, 1.807) is 0 Å². The average Bonchev–Trinajstić information content (AvgIpc) is 3.42. The molecule has 0 bridgehead atoms. The van der Waals surface area contributed by atoms with Crippen molar-refractivity contribution in [1.29, 1.82) is 0 Å². The average molecular weight is 538 g/mol. The first-order chi connectivity index (χ1) is 20.8. The maximum Gasteiger partial charge on any atom is 0.136 e. The van der Waals surface area contributed by atoms with Gasteiger partial charge in [0.25, 0.3) is 0 Å². The van der Waals surface area contributed by atoms with Crippen LogP contribution in [0, 0.1) is 0 Å². The standard InChI is InChI=1S/C40H27NO/c1-3-9-28(10-4-1)30-15-20-34(21-16-30)41(35-22-17-31(18-23-35)29-11-5-2-6-12-29)36-24-19-32-26-38-37-13-7-8-14-39(37)42-40(38)27-33(32)25-36/h1-27H. The van der Waals surface area contributed by atoms with Gasteiger partial charge in [0, 0.05) is 27.8 Å². The van der Waals surface area contributed by atoms with Gasteiger partial charge in [-0.05, 0) is 87.6 Å². The summed E-state index contributed by atoms with van der Waals surface area (Å²) in [4.78, 5) is 2.33. The fraction of sp³-hybridized carbons (Fsp3) is 0. The highest BCUT2D eigenvalue weighted by Crippen LogP contribution is 2.39. The fourth-order valence-electron chi connectivity index (χ4n) is 5.91. The molecular formula is C40H27NO. The lowest BCUT2D eigenvalue weighted by Gasteiger charge is -2.26. The van der Waals surface area contributed by atoms with Crippen LogP contribution < -0.4 is 4.90 Å². The Labute approximate surface area is 244 Å². The number of benzene rings is 7. The number of rotatable bonds is 5. The lowest BCUT2D eigenvalue weighted by molar-refractivity contribution is 0.669. The normalized spacial score (nSPS) is 11.3. The molecule has 0 unspecified atom stereocenters. The first-order valence-corrected chi connectivity index (χ1v) is 14.3. The second kappa shape index (κ2) is 10.1. The molecule has 198 valence electrons. The Morgan fingerprint density at radius 2 is 0.857 bits per heavy atom. The van der Waals surface area contributed by atoms with Crippen LogP contribution in [0.2, 0.25) is 0 Å². The molecule has 1 heterocycles. The van der Waals surface area contributed by atoms with E-state index in [0.29, 0.717) is 0 Å². The summed E-state index contributed by atoms with van der Waals surface area (Å²) < 4.78 is 6.23. The van der Waals surface area contributed by atoms with Crippen LogP contribution in [0.15, 0.2) is 168 Å². The van der Waals surface area contributed by atoms with E-state index in [1.807, 2.05) is 12.1 Å². The molecule has 2 heteroatoms. The van der Waals surface area contributed by atoms with Crippen molar-refractivity contribution in [2.75, 3.05) is 4.90 Å². The Morgan fingerprint density at radius 3 is 1.48 bits per heavy atom. The summed E-state index contributed by atoms with van der Waals surface area (Å²) in [5, 5.41) is 4.63. The molecule has 8 rings (SSSR count). The van der Waals surface area contributed by atoms with E-state index in [-0.39, 0.29) is 0 Å². The van der Waals surface area contributed by atoms with Gasteiger partial charge in [0.05, 0.1) is 0 Å². The predicted octanol–water partition coefficient (Wildman–Crippen LogP) is 11.5.